The SMILES string of the molecule is CCc1cc2c(s1)CCO[C@@]21CCN(Cc2cn(CC3(O)CCOCC3)nn2)[C@@H](C)C1. The summed E-state index contributed by atoms with van der Waals surface area (Å²) >= 11 is 1.98. The number of hydrogen-bond acceptors (Lipinski definition) is 7. The highest BCUT2D eigenvalue weighted by atomic mass is 32.1. The molecule has 7 nitrogen and oxygen atoms in total. The number of likely N-dealkylation sites (tertiary alicyclic amines) is 1. The van der Waals surface area contributed by atoms with E-state index in [0.717, 1.165) is 51.1 Å². The predicted octanol–water partition coefficient (Wildman–Crippen LogP) is 2.90. The summed E-state index contributed by atoms with van der Waals surface area (Å²) in [5, 5.41) is 19.4. The smallest absolute Gasteiger partial charge is 0.0969 e. The van der Waals surface area contributed by atoms with Crippen LogP contribution in [0, 0.1) is 0 Å². The number of aliphatic hydroxyl groups is 1. The van der Waals surface area contributed by atoms with Crippen LogP contribution in [0.2, 0.25) is 0 Å². The summed E-state index contributed by atoms with van der Waals surface area (Å²) in [6.07, 6.45) is 7.50. The van der Waals surface area contributed by atoms with Crippen molar-refractivity contribution >= 4 is 11.3 Å². The van der Waals surface area contributed by atoms with Crippen molar-refractivity contribution < 1.29 is 14.6 Å². The number of piperidine rings is 1. The van der Waals surface area contributed by atoms with Gasteiger partial charge in [0.05, 0.1) is 30.0 Å². The molecule has 170 valence electrons. The fourth-order valence-electron chi connectivity index (χ4n) is 5.42. The van der Waals surface area contributed by atoms with Crippen LogP contribution in [0.15, 0.2) is 12.3 Å². The molecule has 0 amide bonds. The molecule has 31 heavy (non-hydrogen) atoms. The van der Waals surface area contributed by atoms with Gasteiger partial charge in [-0.15, -0.1) is 16.4 Å². The Labute approximate surface area is 188 Å². The normalized spacial score (nSPS) is 28.7. The molecule has 3 aliphatic rings. The van der Waals surface area contributed by atoms with Crippen LogP contribution in [-0.2, 0) is 41.0 Å². The Hall–Kier alpha value is -1.32. The molecule has 2 saturated heterocycles. The number of aryl methyl sites for hydroxylation is 1. The number of aromatic nitrogens is 3. The van der Waals surface area contributed by atoms with Crippen molar-refractivity contribution in [3.05, 3.63) is 33.3 Å². The Morgan fingerprint density at radius 2 is 2.10 bits per heavy atom. The molecule has 0 radical (unpaired) electrons. The lowest BCUT2D eigenvalue weighted by Gasteiger charge is -2.47. The first-order valence-electron chi connectivity index (χ1n) is 11.7. The lowest BCUT2D eigenvalue weighted by molar-refractivity contribution is -0.112. The maximum Gasteiger partial charge on any atom is 0.0969 e. The summed E-state index contributed by atoms with van der Waals surface area (Å²) in [6.45, 7) is 8.87. The molecule has 0 bridgehead atoms. The van der Waals surface area contributed by atoms with E-state index in [2.05, 4.69) is 35.1 Å². The summed E-state index contributed by atoms with van der Waals surface area (Å²) < 4.78 is 13.6. The molecule has 3 aliphatic heterocycles. The molecule has 1 N–H and O–H groups in total. The number of fused-ring (bicyclic) bond motifs is 2. The zero-order valence-corrected chi connectivity index (χ0v) is 19.5. The first-order chi connectivity index (χ1) is 15.0. The minimum absolute atomic E-state index is 0.114. The van der Waals surface area contributed by atoms with Crippen molar-refractivity contribution in [1.29, 1.82) is 0 Å². The Balaban J connectivity index is 1.24. The van der Waals surface area contributed by atoms with Gasteiger partial charge in [-0.25, -0.2) is 4.68 Å². The topological polar surface area (TPSA) is 72.6 Å². The van der Waals surface area contributed by atoms with Crippen LogP contribution in [0.25, 0.3) is 0 Å². The van der Waals surface area contributed by atoms with Crippen molar-refractivity contribution in [2.24, 2.45) is 0 Å². The van der Waals surface area contributed by atoms with Gasteiger partial charge < -0.3 is 14.6 Å². The highest BCUT2D eigenvalue weighted by molar-refractivity contribution is 7.12. The fraction of sp³-hybridized carbons (Fsp3) is 0.739. The van der Waals surface area contributed by atoms with Crippen LogP contribution in [0.3, 0.4) is 0 Å². The molecule has 0 aromatic carbocycles. The Morgan fingerprint density at radius 1 is 1.26 bits per heavy atom. The molecule has 5 heterocycles. The van der Waals surface area contributed by atoms with Gasteiger partial charge in [0.15, 0.2) is 0 Å². The number of ether oxygens (including phenoxy) is 2. The monoisotopic (exact) mass is 446 g/mol. The maximum atomic E-state index is 10.7. The largest absolute Gasteiger partial charge is 0.388 e. The van der Waals surface area contributed by atoms with Gasteiger partial charge >= 0.3 is 0 Å². The lowest BCUT2D eigenvalue weighted by atomic mass is 9.79. The molecule has 0 aliphatic carbocycles. The molecule has 2 aromatic rings. The minimum atomic E-state index is -0.734. The second kappa shape index (κ2) is 8.56. The Kier molecular flexibility index (Phi) is 5.94. The van der Waals surface area contributed by atoms with E-state index in [9.17, 15) is 5.11 Å². The van der Waals surface area contributed by atoms with Gasteiger partial charge in [-0.1, -0.05) is 12.1 Å². The molecule has 2 aromatic heterocycles. The van der Waals surface area contributed by atoms with E-state index in [1.54, 1.807) is 4.68 Å². The second-order valence-electron chi connectivity index (χ2n) is 9.51. The molecule has 2 fully saturated rings. The van der Waals surface area contributed by atoms with Crippen LogP contribution in [0.5, 0.6) is 0 Å². The quantitative estimate of drug-likeness (QED) is 0.761. The van der Waals surface area contributed by atoms with Gasteiger partial charge in [0, 0.05) is 67.6 Å². The summed E-state index contributed by atoms with van der Waals surface area (Å²) in [5.41, 5.74) is 1.58. The number of nitrogens with zero attached hydrogens (tertiary/aromatic N) is 4. The second-order valence-corrected chi connectivity index (χ2v) is 10.7. The van der Waals surface area contributed by atoms with Gasteiger partial charge in [0.2, 0.25) is 0 Å². The molecule has 5 rings (SSSR count). The molecule has 0 unspecified atom stereocenters. The van der Waals surface area contributed by atoms with E-state index in [1.807, 2.05) is 17.5 Å². The molecule has 1 spiro atoms. The van der Waals surface area contributed by atoms with E-state index in [4.69, 9.17) is 9.47 Å². The number of rotatable bonds is 5. The molecule has 0 saturated carbocycles. The zero-order valence-electron chi connectivity index (χ0n) is 18.7. The highest BCUT2D eigenvalue weighted by Crippen LogP contribution is 2.46. The van der Waals surface area contributed by atoms with Gasteiger partial charge in [-0.2, -0.15) is 0 Å². The van der Waals surface area contributed by atoms with Gasteiger partial charge in [0.1, 0.15) is 0 Å². The first kappa shape index (κ1) is 21.5. The van der Waals surface area contributed by atoms with Crippen molar-refractivity contribution in [3.63, 3.8) is 0 Å². The van der Waals surface area contributed by atoms with Crippen LogP contribution >= 0.6 is 11.3 Å². The van der Waals surface area contributed by atoms with Gasteiger partial charge in [0.25, 0.3) is 0 Å². The first-order valence-corrected chi connectivity index (χ1v) is 12.5. The third kappa shape index (κ3) is 4.33. The Bertz CT molecular complexity index is 907. The van der Waals surface area contributed by atoms with Crippen molar-refractivity contribution in [1.82, 2.24) is 19.9 Å². The van der Waals surface area contributed by atoms with E-state index in [-0.39, 0.29) is 5.60 Å². The summed E-state index contributed by atoms with van der Waals surface area (Å²) in [6, 6.07) is 2.82. The van der Waals surface area contributed by atoms with Crippen LogP contribution in [0.4, 0.5) is 0 Å². The third-order valence-electron chi connectivity index (χ3n) is 7.29. The lowest BCUT2D eigenvalue weighted by Crippen LogP contribution is -2.50. The van der Waals surface area contributed by atoms with E-state index in [1.165, 1.54) is 15.3 Å². The van der Waals surface area contributed by atoms with Crippen LogP contribution < -0.4 is 0 Å². The van der Waals surface area contributed by atoms with Crippen molar-refractivity contribution in [3.8, 4) is 0 Å². The number of thiophene rings is 1. The Morgan fingerprint density at radius 3 is 2.87 bits per heavy atom. The fourth-order valence-corrected chi connectivity index (χ4v) is 6.60. The summed E-state index contributed by atoms with van der Waals surface area (Å²) in [7, 11) is 0. The summed E-state index contributed by atoms with van der Waals surface area (Å²) in [5.74, 6) is 0. The van der Waals surface area contributed by atoms with Crippen molar-refractivity contribution in [2.75, 3.05) is 26.4 Å². The van der Waals surface area contributed by atoms with E-state index in [0.29, 0.717) is 38.6 Å². The van der Waals surface area contributed by atoms with Gasteiger partial charge in [-0.3, -0.25) is 4.90 Å². The van der Waals surface area contributed by atoms with E-state index >= 15 is 0 Å². The predicted molar refractivity (Wildman–Crippen MR) is 119 cm³/mol. The van der Waals surface area contributed by atoms with E-state index < -0.39 is 5.60 Å². The molecule has 2 atom stereocenters. The van der Waals surface area contributed by atoms with Crippen molar-refractivity contribution in [2.45, 2.75) is 82.7 Å². The molecule has 8 heteroatoms. The molecular weight excluding hydrogens is 412 g/mol. The average Bonchev–Trinajstić information content (AvgIpc) is 3.38. The standard InChI is InChI=1S/C23H34N4O3S/c1-3-19-12-20-21(31-19)4-9-30-23(20)5-8-26(17(2)13-23)14-18-15-27(25-24-18)16-22(28)6-10-29-11-7-22/h12,15,17,28H,3-11,13-14,16H2,1-2H3/t17-,23+/m0/s1. The highest BCUT2D eigenvalue weighted by Gasteiger charge is 2.44. The minimum Gasteiger partial charge on any atom is -0.388 e. The third-order valence-corrected chi connectivity index (χ3v) is 8.63. The van der Waals surface area contributed by atoms with Crippen LogP contribution in [-0.4, -0.2) is 63.0 Å². The zero-order chi connectivity index (χ0) is 21.5. The summed E-state index contributed by atoms with van der Waals surface area (Å²) in [4.78, 5) is 5.51. The van der Waals surface area contributed by atoms with Crippen LogP contribution in [0.1, 0.15) is 60.5 Å². The molecular formula is C23H34N4O3S. The van der Waals surface area contributed by atoms with Gasteiger partial charge in [-0.05, 0) is 37.8 Å². The average molecular weight is 447 g/mol. The number of hydrogen-bond donors (Lipinski definition) is 1. The maximum absolute atomic E-state index is 10.7.